The molecule has 1 atom stereocenters. The van der Waals surface area contributed by atoms with Crippen molar-refractivity contribution >= 4 is 5.69 Å². The van der Waals surface area contributed by atoms with Gasteiger partial charge in [-0.25, -0.2) is 13.2 Å². The zero-order valence-electron chi connectivity index (χ0n) is 9.12. The van der Waals surface area contributed by atoms with Gasteiger partial charge < -0.3 is 5.32 Å². The monoisotopic (exact) mass is 229 g/mol. The summed E-state index contributed by atoms with van der Waals surface area (Å²) >= 11 is 0. The van der Waals surface area contributed by atoms with Gasteiger partial charge in [-0.15, -0.1) is 0 Å². The molecular formula is C12H14F3N. The fourth-order valence-corrected chi connectivity index (χ4v) is 2.24. The van der Waals surface area contributed by atoms with Gasteiger partial charge in [0.15, 0.2) is 11.6 Å². The summed E-state index contributed by atoms with van der Waals surface area (Å²) in [6, 6.07) is 0.629. The summed E-state index contributed by atoms with van der Waals surface area (Å²) in [5, 5.41) is 2.79. The molecular weight excluding hydrogens is 215 g/mol. The van der Waals surface area contributed by atoms with Gasteiger partial charge in [-0.1, -0.05) is 13.3 Å². The highest BCUT2D eigenvalue weighted by molar-refractivity contribution is 5.55. The third-order valence-electron chi connectivity index (χ3n) is 3.03. The maximum absolute atomic E-state index is 13.5. The quantitative estimate of drug-likeness (QED) is 0.765. The highest BCUT2D eigenvalue weighted by Crippen LogP contribution is 2.32. The molecule has 0 saturated carbocycles. The zero-order chi connectivity index (χ0) is 11.7. The fourth-order valence-electron chi connectivity index (χ4n) is 2.24. The van der Waals surface area contributed by atoms with Gasteiger partial charge in [-0.3, -0.25) is 0 Å². The molecule has 1 aromatic rings. The van der Waals surface area contributed by atoms with E-state index < -0.39 is 17.5 Å². The van der Waals surface area contributed by atoms with Crippen LogP contribution in [0.2, 0.25) is 0 Å². The van der Waals surface area contributed by atoms with E-state index in [1.54, 1.807) is 0 Å². The first-order chi connectivity index (χ1) is 7.63. The summed E-state index contributed by atoms with van der Waals surface area (Å²) in [6.45, 7) is 2.64. The van der Waals surface area contributed by atoms with Crippen molar-refractivity contribution in [3.8, 4) is 0 Å². The van der Waals surface area contributed by atoms with Gasteiger partial charge in [0.1, 0.15) is 5.82 Å². The minimum Gasteiger partial charge on any atom is -0.382 e. The maximum Gasteiger partial charge on any atom is 0.182 e. The van der Waals surface area contributed by atoms with Crippen molar-refractivity contribution in [2.45, 2.75) is 26.2 Å². The molecule has 0 spiro atoms. The Morgan fingerprint density at radius 3 is 2.75 bits per heavy atom. The van der Waals surface area contributed by atoms with Crippen LogP contribution >= 0.6 is 0 Å². The van der Waals surface area contributed by atoms with Crippen LogP contribution in [0.15, 0.2) is 6.07 Å². The summed E-state index contributed by atoms with van der Waals surface area (Å²) in [5.74, 6) is -2.44. The van der Waals surface area contributed by atoms with E-state index >= 15 is 0 Å². The second kappa shape index (κ2) is 4.36. The number of nitrogens with one attached hydrogen (secondary N) is 1. The van der Waals surface area contributed by atoms with E-state index in [1.165, 1.54) is 0 Å². The minimum atomic E-state index is -1.13. The fraction of sp³-hybridized carbons (Fsp3) is 0.500. The largest absolute Gasteiger partial charge is 0.382 e. The molecule has 0 radical (unpaired) electrons. The van der Waals surface area contributed by atoms with E-state index in [2.05, 4.69) is 12.2 Å². The molecule has 0 aromatic heterocycles. The van der Waals surface area contributed by atoms with Crippen LogP contribution in [0.4, 0.5) is 18.9 Å². The molecule has 1 N–H and O–H groups in total. The SMILES string of the molecule is CCCC1CNc2c(F)c(F)cc(F)c2C1. The average Bonchev–Trinajstić information content (AvgIpc) is 2.27. The lowest BCUT2D eigenvalue weighted by Crippen LogP contribution is -2.25. The summed E-state index contributed by atoms with van der Waals surface area (Å²) in [4.78, 5) is 0. The second-order valence-corrected chi connectivity index (χ2v) is 4.25. The molecule has 0 fully saturated rings. The van der Waals surface area contributed by atoms with Crippen LogP contribution < -0.4 is 5.32 Å². The van der Waals surface area contributed by atoms with Crippen LogP contribution in [-0.2, 0) is 6.42 Å². The predicted molar refractivity (Wildman–Crippen MR) is 56.9 cm³/mol. The molecule has 0 bridgehead atoms. The molecule has 0 saturated heterocycles. The molecule has 1 heterocycles. The summed E-state index contributed by atoms with van der Waals surface area (Å²) < 4.78 is 39.8. The van der Waals surface area contributed by atoms with Crippen LogP contribution in [-0.4, -0.2) is 6.54 Å². The number of fused-ring (bicyclic) bond motifs is 1. The third-order valence-corrected chi connectivity index (χ3v) is 3.03. The summed E-state index contributed by atoms with van der Waals surface area (Å²) in [6.07, 6.45) is 2.46. The Bertz CT molecular complexity index is 404. The normalized spacial score (nSPS) is 19.1. The second-order valence-electron chi connectivity index (χ2n) is 4.25. The molecule has 1 nitrogen and oxygen atoms in total. The van der Waals surface area contributed by atoms with E-state index in [4.69, 9.17) is 0 Å². The van der Waals surface area contributed by atoms with Gasteiger partial charge in [-0.05, 0) is 18.8 Å². The van der Waals surface area contributed by atoms with Crippen molar-refractivity contribution in [2.75, 3.05) is 11.9 Å². The van der Waals surface area contributed by atoms with E-state index in [9.17, 15) is 13.2 Å². The molecule has 0 amide bonds. The Morgan fingerprint density at radius 1 is 1.31 bits per heavy atom. The topological polar surface area (TPSA) is 12.0 Å². The van der Waals surface area contributed by atoms with Gasteiger partial charge >= 0.3 is 0 Å². The van der Waals surface area contributed by atoms with E-state index in [1.807, 2.05) is 0 Å². The maximum atomic E-state index is 13.5. The van der Waals surface area contributed by atoms with Crippen molar-refractivity contribution < 1.29 is 13.2 Å². The lowest BCUT2D eigenvalue weighted by molar-refractivity contribution is 0.449. The predicted octanol–water partition coefficient (Wildman–Crippen LogP) is 3.49. The van der Waals surface area contributed by atoms with Crippen LogP contribution in [0.3, 0.4) is 0 Å². The molecule has 0 aliphatic carbocycles. The Morgan fingerprint density at radius 2 is 2.06 bits per heavy atom. The highest BCUT2D eigenvalue weighted by Gasteiger charge is 2.25. The van der Waals surface area contributed by atoms with E-state index in [0.29, 0.717) is 24.9 Å². The van der Waals surface area contributed by atoms with E-state index in [-0.39, 0.29) is 11.3 Å². The third kappa shape index (κ3) is 1.88. The minimum absolute atomic E-state index is 0.00449. The highest BCUT2D eigenvalue weighted by atomic mass is 19.2. The number of halogens is 3. The first kappa shape index (κ1) is 11.3. The van der Waals surface area contributed by atoms with Crippen LogP contribution in [0, 0.1) is 23.4 Å². The van der Waals surface area contributed by atoms with Crippen molar-refractivity contribution in [1.29, 1.82) is 0 Å². The molecule has 1 aromatic carbocycles. The van der Waals surface area contributed by atoms with Crippen molar-refractivity contribution in [2.24, 2.45) is 5.92 Å². The van der Waals surface area contributed by atoms with Gasteiger partial charge in [0.2, 0.25) is 0 Å². The van der Waals surface area contributed by atoms with Gasteiger partial charge in [0.25, 0.3) is 0 Å². The first-order valence-electron chi connectivity index (χ1n) is 5.53. The number of anilines is 1. The zero-order valence-corrected chi connectivity index (χ0v) is 9.12. The molecule has 16 heavy (non-hydrogen) atoms. The number of hydrogen-bond donors (Lipinski definition) is 1. The lowest BCUT2D eigenvalue weighted by Gasteiger charge is -2.26. The average molecular weight is 229 g/mol. The van der Waals surface area contributed by atoms with Crippen molar-refractivity contribution in [3.05, 3.63) is 29.1 Å². The summed E-state index contributed by atoms with van der Waals surface area (Å²) in [5.41, 5.74) is 0.286. The molecule has 2 rings (SSSR count). The summed E-state index contributed by atoms with van der Waals surface area (Å²) in [7, 11) is 0. The number of rotatable bonds is 2. The molecule has 1 aliphatic rings. The Labute approximate surface area is 92.7 Å². The van der Waals surface area contributed by atoms with Gasteiger partial charge in [0.05, 0.1) is 5.69 Å². The smallest absolute Gasteiger partial charge is 0.182 e. The first-order valence-corrected chi connectivity index (χ1v) is 5.53. The Kier molecular flexibility index (Phi) is 3.08. The van der Waals surface area contributed by atoms with Crippen LogP contribution in [0.1, 0.15) is 25.3 Å². The van der Waals surface area contributed by atoms with Crippen LogP contribution in [0.25, 0.3) is 0 Å². The van der Waals surface area contributed by atoms with Crippen LogP contribution in [0.5, 0.6) is 0 Å². The number of benzene rings is 1. The Balaban J connectivity index is 2.35. The van der Waals surface area contributed by atoms with Crippen molar-refractivity contribution in [1.82, 2.24) is 0 Å². The van der Waals surface area contributed by atoms with Gasteiger partial charge in [-0.2, -0.15) is 0 Å². The molecule has 88 valence electrons. The van der Waals surface area contributed by atoms with Crippen molar-refractivity contribution in [3.63, 3.8) is 0 Å². The Hall–Kier alpha value is -1.19. The molecule has 1 unspecified atom stereocenters. The molecule has 1 aliphatic heterocycles. The van der Waals surface area contributed by atoms with Gasteiger partial charge in [0, 0.05) is 18.2 Å². The number of hydrogen-bond acceptors (Lipinski definition) is 1. The lowest BCUT2D eigenvalue weighted by atomic mass is 9.90. The molecule has 4 heteroatoms. The van der Waals surface area contributed by atoms with E-state index in [0.717, 1.165) is 12.8 Å². The standard InChI is InChI=1S/C12H14F3N/c1-2-3-7-4-8-9(13)5-10(14)11(15)12(8)16-6-7/h5,7,16H,2-4,6H2,1H3.